The zero-order chi connectivity index (χ0) is 13.7. The van der Waals surface area contributed by atoms with Gasteiger partial charge in [0.25, 0.3) is 0 Å². The molecule has 0 amide bonds. The van der Waals surface area contributed by atoms with E-state index in [2.05, 4.69) is 9.72 Å². The summed E-state index contributed by atoms with van der Waals surface area (Å²) in [4.78, 5) is 14.3. The van der Waals surface area contributed by atoms with Gasteiger partial charge in [0.2, 0.25) is 0 Å². The lowest BCUT2D eigenvalue weighted by Crippen LogP contribution is -2.06. The topological polar surface area (TPSA) is 77.3 Å². The third kappa shape index (κ3) is 3.42. The van der Waals surface area contributed by atoms with Crippen LogP contribution in [0.25, 0.3) is 10.9 Å². The number of thioether (sulfide) groups is 1. The highest BCUT2D eigenvalue weighted by Crippen LogP contribution is 2.26. The second kappa shape index (κ2) is 6.49. The highest BCUT2D eigenvalue weighted by atomic mass is 32.2. The molecular weight excluding hydrogens is 264 g/mol. The Balaban J connectivity index is 2.19. The largest absolute Gasteiger partial charge is 0.513 e. The second-order valence-electron chi connectivity index (χ2n) is 3.92. The molecule has 102 valence electrons. The minimum absolute atomic E-state index is 0.476. The lowest BCUT2D eigenvalue weighted by atomic mass is 10.2. The quantitative estimate of drug-likeness (QED) is 0.500. The number of hydrogen-bond donors (Lipinski definition) is 2. The summed E-state index contributed by atoms with van der Waals surface area (Å²) in [6.07, 6.45) is 1.25. The molecule has 0 aliphatic heterocycles. The molecule has 0 spiro atoms. The fourth-order valence-corrected chi connectivity index (χ4v) is 2.51. The van der Waals surface area contributed by atoms with Crippen molar-refractivity contribution < 1.29 is 14.3 Å². The summed E-state index contributed by atoms with van der Waals surface area (Å²) in [5, 5.41) is 1.05. The number of aromatic amines is 1. The van der Waals surface area contributed by atoms with Crippen LogP contribution in [0, 0.1) is 0 Å². The van der Waals surface area contributed by atoms with Gasteiger partial charge >= 0.3 is 6.16 Å². The first-order valence-electron chi connectivity index (χ1n) is 5.88. The minimum atomic E-state index is -0.714. The number of ether oxygens (including phenoxy) is 2. The molecule has 1 aromatic carbocycles. The lowest BCUT2D eigenvalue weighted by Gasteiger charge is -2.03. The Bertz CT molecular complexity index is 568. The van der Waals surface area contributed by atoms with Crippen LogP contribution >= 0.6 is 11.8 Å². The molecule has 1 heterocycles. The van der Waals surface area contributed by atoms with Gasteiger partial charge in [-0.1, -0.05) is 0 Å². The van der Waals surface area contributed by atoms with Gasteiger partial charge in [-0.15, -0.1) is 0 Å². The third-order valence-electron chi connectivity index (χ3n) is 2.63. The summed E-state index contributed by atoms with van der Waals surface area (Å²) in [7, 11) is 1.28. The van der Waals surface area contributed by atoms with Crippen LogP contribution in [0.2, 0.25) is 0 Å². The molecule has 1 aromatic heterocycles. The number of H-pyrrole nitrogens is 1. The Morgan fingerprint density at radius 3 is 3.05 bits per heavy atom. The third-order valence-corrected chi connectivity index (χ3v) is 3.67. The van der Waals surface area contributed by atoms with Gasteiger partial charge in [-0.25, -0.2) is 4.79 Å². The van der Waals surface area contributed by atoms with E-state index in [-0.39, 0.29) is 0 Å². The molecule has 19 heavy (non-hydrogen) atoms. The number of carbonyl (C=O) groups is 1. The maximum absolute atomic E-state index is 11.1. The first-order chi connectivity index (χ1) is 9.24. The fourth-order valence-electron chi connectivity index (χ4n) is 1.74. The van der Waals surface area contributed by atoms with Crippen LogP contribution in [0.5, 0.6) is 5.75 Å². The lowest BCUT2D eigenvalue weighted by molar-refractivity contribution is 0.121. The highest BCUT2D eigenvalue weighted by molar-refractivity contribution is 7.98. The van der Waals surface area contributed by atoms with Crippen LogP contribution in [0.15, 0.2) is 24.4 Å². The molecule has 0 unspecified atom stereocenters. The van der Waals surface area contributed by atoms with Crippen LogP contribution in [0.3, 0.4) is 0 Å². The van der Waals surface area contributed by atoms with E-state index < -0.39 is 6.16 Å². The summed E-state index contributed by atoms with van der Waals surface area (Å²) in [5.74, 6) is 2.27. The molecule has 0 saturated heterocycles. The average Bonchev–Trinajstić information content (AvgIpc) is 2.82. The molecule has 0 saturated carbocycles. The van der Waals surface area contributed by atoms with Gasteiger partial charge in [-0.3, -0.25) is 0 Å². The van der Waals surface area contributed by atoms with Crippen molar-refractivity contribution in [2.24, 2.45) is 5.73 Å². The zero-order valence-corrected chi connectivity index (χ0v) is 11.5. The van der Waals surface area contributed by atoms with E-state index in [1.54, 1.807) is 17.8 Å². The van der Waals surface area contributed by atoms with E-state index in [1.165, 1.54) is 12.7 Å². The van der Waals surface area contributed by atoms with Crippen LogP contribution in [-0.2, 0) is 10.5 Å². The first-order valence-corrected chi connectivity index (χ1v) is 7.03. The number of benzene rings is 1. The second-order valence-corrected chi connectivity index (χ2v) is 5.02. The monoisotopic (exact) mass is 280 g/mol. The van der Waals surface area contributed by atoms with Gasteiger partial charge in [0.1, 0.15) is 5.75 Å². The summed E-state index contributed by atoms with van der Waals surface area (Å²) in [5.41, 5.74) is 7.66. The highest BCUT2D eigenvalue weighted by Gasteiger charge is 2.08. The molecule has 0 aliphatic carbocycles. The molecule has 2 rings (SSSR count). The van der Waals surface area contributed by atoms with E-state index in [1.807, 2.05) is 18.3 Å². The molecular formula is C13H16N2O3S. The average molecular weight is 280 g/mol. The zero-order valence-electron chi connectivity index (χ0n) is 10.6. The molecule has 0 radical (unpaired) electrons. The van der Waals surface area contributed by atoms with Crippen molar-refractivity contribution in [3.8, 4) is 5.75 Å². The Morgan fingerprint density at radius 2 is 2.32 bits per heavy atom. The minimum Gasteiger partial charge on any atom is -0.437 e. The molecule has 0 bridgehead atoms. The van der Waals surface area contributed by atoms with Gasteiger partial charge in [-0.2, -0.15) is 11.8 Å². The van der Waals surface area contributed by atoms with Crippen LogP contribution in [-0.4, -0.2) is 30.5 Å². The van der Waals surface area contributed by atoms with Crippen molar-refractivity contribution >= 4 is 28.8 Å². The van der Waals surface area contributed by atoms with Crippen LogP contribution in [0.4, 0.5) is 4.79 Å². The van der Waals surface area contributed by atoms with E-state index in [0.717, 1.165) is 22.4 Å². The number of nitrogens with two attached hydrogens (primary N) is 1. The Hall–Kier alpha value is -1.66. The maximum atomic E-state index is 11.1. The summed E-state index contributed by atoms with van der Waals surface area (Å²) < 4.78 is 9.49. The SMILES string of the molecule is COC(=O)Oc1ccc2[nH]cc(CSCCN)c2c1. The predicted molar refractivity (Wildman–Crippen MR) is 76.5 cm³/mol. The molecule has 3 N–H and O–H groups in total. The van der Waals surface area contributed by atoms with Crippen molar-refractivity contribution in [3.05, 3.63) is 30.0 Å². The molecule has 0 atom stereocenters. The fraction of sp³-hybridized carbons (Fsp3) is 0.308. The Labute approximate surface area is 115 Å². The number of hydrogen-bond acceptors (Lipinski definition) is 5. The number of fused-ring (bicyclic) bond motifs is 1. The number of aromatic nitrogens is 1. The predicted octanol–water partition coefficient (Wildman–Crippen LogP) is 2.50. The van der Waals surface area contributed by atoms with Crippen molar-refractivity contribution in [2.75, 3.05) is 19.4 Å². The summed E-state index contributed by atoms with van der Waals surface area (Å²) >= 11 is 1.77. The Kier molecular flexibility index (Phi) is 4.70. The normalized spacial score (nSPS) is 10.6. The molecule has 0 aliphatic rings. The van der Waals surface area contributed by atoms with Gasteiger partial charge in [-0.05, 0) is 23.8 Å². The van der Waals surface area contributed by atoms with E-state index in [0.29, 0.717) is 12.3 Å². The van der Waals surface area contributed by atoms with Crippen molar-refractivity contribution in [1.29, 1.82) is 0 Å². The van der Waals surface area contributed by atoms with Gasteiger partial charge in [0.05, 0.1) is 7.11 Å². The van der Waals surface area contributed by atoms with E-state index >= 15 is 0 Å². The summed E-state index contributed by atoms with van der Waals surface area (Å²) in [6.45, 7) is 0.670. The Morgan fingerprint density at radius 1 is 1.47 bits per heavy atom. The molecule has 2 aromatic rings. The smallest absolute Gasteiger partial charge is 0.437 e. The van der Waals surface area contributed by atoms with Crippen LogP contribution in [0.1, 0.15) is 5.56 Å². The molecule has 6 heteroatoms. The standard InChI is InChI=1S/C13H16N2O3S/c1-17-13(16)18-10-2-3-12-11(6-10)9(7-15-12)8-19-5-4-14/h2-3,6-7,15H,4-5,8,14H2,1H3. The van der Waals surface area contributed by atoms with Gasteiger partial charge in [0, 0.05) is 35.2 Å². The van der Waals surface area contributed by atoms with Crippen LogP contribution < -0.4 is 10.5 Å². The number of methoxy groups -OCH3 is 1. The van der Waals surface area contributed by atoms with Crippen molar-refractivity contribution in [2.45, 2.75) is 5.75 Å². The van der Waals surface area contributed by atoms with Crippen molar-refractivity contribution in [1.82, 2.24) is 4.98 Å². The van der Waals surface area contributed by atoms with Gasteiger partial charge in [0.15, 0.2) is 0 Å². The van der Waals surface area contributed by atoms with E-state index in [9.17, 15) is 4.79 Å². The molecule has 0 fully saturated rings. The molecule has 5 nitrogen and oxygen atoms in total. The van der Waals surface area contributed by atoms with Crippen molar-refractivity contribution in [3.63, 3.8) is 0 Å². The van der Waals surface area contributed by atoms with E-state index in [4.69, 9.17) is 10.5 Å². The number of rotatable bonds is 5. The number of carbonyl (C=O) groups excluding carboxylic acids is 1. The number of nitrogens with one attached hydrogen (secondary N) is 1. The van der Waals surface area contributed by atoms with Gasteiger partial charge < -0.3 is 20.2 Å². The first kappa shape index (κ1) is 13.8. The maximum Gasteiger partial charge on any atom is 0.513 e. The summed E-state index contributed by atoms with van der Waals surface area (Å²) in [6, 6.07) is 5.44.